The van der Waals surface area contributed by atoms with E-state index in [1.807, 2.05) is 78.2 Å². The fourth-order valence-electron chi connectivity index (χ4n) is 3.20. The van der Waals surface area contributed by atoms with Crippen LogP contribution in [0.3, 0.4) is 0 Å². The van der Waals surface area contributed by atoms with E-state index in [1.165, 1.54) is 11.1 Å². The van der Waals surface area contributed by atoms with Crippen LogP contribution in [0.1, 0.15) is 18.1 Å². The van der Waals surface area contributed by atoms with Gasteiger partial charge in [0.1, 0.15) is 0 Å². The number of hydrazine groups is 1. The molecule has 4 nitrogen and oxygen atoms in total. The summed E-state index contributed by atoms with van der Waals surface area (Å²) < 4.78 is 0. The molecule has 0 aromatic heterocycles. The van der Waals surface area contributed by atoms with Crippen molar-refractivity contribution in [1.29, 1.82) is 0 Å². The Labute approximate surface area is 189 Å². The molecule has 0 aliphatic heterocycles. The van der Waals surface area contributed by atoms with Gasteiger partial charge in [-0.2, -0.15) is 0 Å². The zero-order valence-electron chi connectivity index (χ0n) is 17.7. The van der Waals surface area contributed by atoms with Crippen molar-refractivity contribution in [3.63, 3.8) is 0 Å². The number of hydrogen-bond acceptors (Lipinski definition) is 5. The van der Waals surface area contributed by atoms with Crippen molar-refractivity contribution in [1.82, 2.24) is 10.4 Å². The molecule has 0 radical (unpaired) electrons. The van der Waals surface area contributed by atoms with Crippen molar-refractivity contribution >= 4 is 11.8 Å². The topological polar surface area (TPSA) is 55.7 Å². The summed E-state index contributed by atoms with van der Waals surface area (Å²) in [5, 5.41) is 24.8. The number of rotatable bonds is 11. The van der Waals surface area contributed by atoms with Crippen LogP contribution in [0.4, 0.5) is 0 Å². The van der Waals surface area contributed by atoms with E-state index >= 15 is 0 Å². The second-order valence-electron chi connectivity index (χ2n) is 7.47. The molecule has 3 atom stereocenters. The molecule has 0 amide bonds. The van der Waals surface area contributed by atoms with Gasteiger partial charge in [0, 0.05) is 18.0 Å². The Morgan fingerprint density at radius 1 is 0.806 bits per heavy atom. The molecule has 0 unspecified atom stereocenters. The SMILES string of the molecule is C[C@H](O)[C@@H](O)[C@H](/C=C/Sc1ccccc1)NN(Cc1ccccc1)Cc1ccccc1. The largest absolute Gasteiger partial charge is 0.391 e. The van der Waals surface area contributed by atoms with Gasteiger partial charge in [-0.3, -0.25) is 0 Å². The maximum atomic E-state index is 10.7. The highest BCUT2D eigenvalue weighted by Gasteiger charge is 2.23. The monoisotopic (exact) mass is 434 g/mol. The van der Waals surface area contributed by atoms with Gasteiger partial charge in [-0.05, 0) is 35.6 Å². The van der Waals surface area contributed by atoms with E-state index in [2.05, 4.69) is 34.7 Å². The Morgan fingerprint density at radius 3 is 1.77 bits per heavy atom. The van der Waals surface area contributed by atoms with Crippen molar-refractivity contribution in [2.45, 2.75) is 43.2 Å². The normalized spacial score (nSPS) is 14.6. The lowest BCUT2D eigenvalue weighted by Crippen LogP contribution is -2.51. The molecule has 0 saturated carbocycles. The van der Waals surface area contributed by atoms with Crippen molar-refractivity contribution in [2.24, 2.45) is 0 Å². The van der Waals surface area contributed by atoms with Gasteiger partial charge in [0.15, 0.2) is 0 Å². The Bertz CT molecular complexity index is 863. The van der Waals surface area contributed by atoms with Gasteiger partial charge < -0.3 is 10.2 Å². The van der Waals surface area contributed by atoms with Crippen molar-refractivity contribution in [3.8, 4) is 0 Å². The Morgan fingerprint density at radius 2 is 1.29 bits per heavy atom. The van der Waals surface area contributed by atoms with Crippen LogP contribution in [-0.4, -0.2) is 33.5 Å². The van der Waals surface area contributed by atoms with Crippen molar-refractivity contribution in [3.05, 3.63) is 114 Å². The molecule has 0 saturated heterocycles. The van der Waals surface area contributed by atoms with Crippen LogP contribution in [0.15, 0.2) is 107 Å². The number of nitrogens with one attached hydrogen (secondary N) is 1. The first-order chi connectivity index (χ1) is 15.1. The Balaban J connectivity index is 1.76. The van der Waals surface area contributed by atoms with E-state index in [-0.39, 0.29) is 0 Å². The van der Waals surface area contributed by atoms with E-state index in [9.17, 15) is 10.2 Å². The minimum absolute atomic E-state index is 0.441. The summed E-state index contributed by atoms with van der Waals surface area (Å²) in [5.74, 6) is 0. The molecule has 0 heterocycles. The molecular weight excluding hydrogens is 404 g/mol. The molecule has 0 bridgehead atoms. The van der Waals surface area contributed by atoms with Crippen LogP contribution < -0.4 is 5.43 Å². The van der Waals surface area contributed by atoms with Crippen LogP contribution >= 0.6 is 11.8 Å². The second-order valence-corrected chi connectivity index (χ2v) is 8.45. The molecule has 3 N–H and O–H groups in total. The number of hydrogen-bond donors (Lipinski definition) is 3. The van der Waals surface area contributed by atoms with Crippen molar-refractivity contribution < 1.29 is 10.2 Å². The summed E-state index contributed by atoms with van der Waals surface area (Å²) in [5.41, 5.74) is 5.77. The average Bonchev–Trinajstić information content (AvgIpc) is 2.80. The summed E-state index contributed by atoms with van der Waals surface area (Å²) >= 11 is 1.58. The van der Waals surface area contributed by atoms with E-state index in [0.29, 0.717) is 13.1 Å². The molecule has 3 rings (SSSR count). The number of aliphatic hydroxyl groups is 2. The third-order valence-corrected chi connectivity index (χ3v) is 5.70. The molecule has 31 heavy (non-hydrogen) atoms. The summed E-state index contributed by atoms with van der Waals surface area (Å²) in [6, 6.07) is 30.1. The number of thioether (sulfide) groups is 1. The fraction of sp³-hybridized carbons (Fsp3) is 0.231. The van der Waals surface area contributed by atoms with Crippen LogP contribution in [-0.2, 0) is 13.1 Å². The average molecular weight is 435 g/mol. The molecule has 3 aromatic carbocycles. The van der Waals surface area contributed by atoms with Crippen LogP contribution in [0, 0.1) is 0 Å². The van der Waals surface area contributed by atoms with Gasteiger partial charge >= 0.3 is 0 Å². The van der Waals surface area contributed by atoms with E-state index < -0.39 is 18.2 Å². The Kier molecular flexibility index (Phi) is 9.34. The highest BCUT2D eigenvalue weighted by atomic mass is 32.2. The third-order valence-electron chi connectivity index (χ3n) is 4.86. The molecule has 0 aliphatic rings. The van der Waals surface area contributed by atoms with Crippen LogP contribution in [0.25, 0.3) is 0 Å². The maximum Gasteiger partial charge on any atom is 0.0997 e. The summed E-state index contributed by atoms with van der Waals surface area (Å²) in [6.45, 7) is 2.94. The quantitative estimate of drug-likeness (QED) is 0.304. The first kappa shape index (κ1) is 23.3. The maximum absolute atomic E-state index is 10.7. The minimum atomic E-state index is -0.943. The van der Waals surface area contributed by atoms with Gasteiger partial charge in [0.05, 0.1) is 18.2 Å². The van der Waals surface area contributed by atoms with Crippen molar-refractivity contribution in [2.75, 3.05) is 0 Å². The summed E-state index contributed by atoms with van der Waals surface area (Å²) in [7, 11) is 0. The van der Waals surface area contributed by atoms with Gasteiger partial charge in [-0.15, -0.1) is 0 Å². The van der Waals surface area contributed by atoms with E-state index in [0.717, 1.165) is 4.90 Å². The highest BCUT2D eigenvalue weighted by Crippen LogP contribution is 2.19. The van der Waals surface area contributed by atoms with Gasteiger partial charge in [-0.1, -0.05) is 96.7 Å². The second kappa shape index (κ2) is 12.4. The molecule has 0 aliphatic carbocycles. The first-order valence-corrected chi connectivity index (χ1v) is 11.3. The number of nitrogens with zero attached hydrogens (tertiary/aromatic N) is 1. The summed E-state index contributed by atoms with van der Waals surface area (Å²) in [4.78, 5) is 1.12. The lowest BCUT2D eigenvalue weighted by atomic mass is 10.1. The lowest BCUT2D eigenvalue weighted by molar-refractivity contribution is -0.00601. The predicted molar refractivity (Wildman–Crippen MR) is 128 cm³/mol. The highest BCUT2D eigenvalue weighted by molar-refractivity contribution is 8.02. The van der Waals surface area contributed by atoms with Gasteiger partial charge in [0.25, 0.3) is 0 Å². The number of aliphatic hydroxyl groups excluding tert-OH is 2. The van der Waals surface area contributed by atoms with Gasteiger partial charge in [0.2, 0.25) is 0 Å². The molecule has 162 valence electrons. The first-order valence-electron chi connectivity index (χ1n) is 10.5. The predicted octanol–water partition coefficient (Wildman–Crippen LogP) is 4.61. The minimum Gasteiger partial charge on any atom is -0.391 e. The summed E-state index contributed by atoms with van der Waals surface area (Å²) in [6.07, 6.45) is 0.110. The Hall–Kier alpha value is -2.41. The van der Waals surface area contributed by atoms with E-state index in [1.54, 1.807) is 18.7 Å². The molecule has 0 spiro atoms. The molecule has 3 aromatic rings. The number of benzene rings is 3. The standard InChI is InChI=1S/C26H30N2O2S/c1-21(29)26(30)25(17-18-31-24-15-9-4-10-16-24)27-28(19-22-11-5-2-6-12-22)20-23-13-7-3-8-14-23/h2-18,21,25-27,29-30H,19-20H2,1H3/b18-17+/t21-,25-,26+/m0/s1. The molecule has 0 fully saturated rings. The molecule has 5 heteroatoms. The smallest absolute Gasteiger partial charge is 0.0997 e. The zero-order valence-corrected chi connectivity index (χ0v) is 18.5. The zero-order chi connectivity index (χ0) is 21.9. The van der Waals surface area contributed by atoms with Crippen LogP contribution in [0.2, 0.25) is 0 Å². The van der Waals surface area contributed by atoms with Gasteiger partial charge in [-0.25, -0.2) is 10.4 Å². The van der Waals surface area contributed by atoms with Crippen LogP contribution in [0.5, 0.6) is 0 Å². The van der Waals surface area contributed by atoms with E-state index in [4.69, 9.17) is 0 Å². The fourth-order valence-corrected chi connectivity index (χ4v) is 3.92. The lowest BCUT2D eigenvalue weighted by Gasteiger charge is -2.31. The molecular formula is C26H30N2O2S. The third kappa shape index (κ3) is 7.98.